The average molecular weight is 243 g/mol. The predicted octanol–water partition coefficient (Wildman–Crippen LogP) is 2.73. The molecule has 1 N–H and O–H groups in total. The van der Waals surface area contributed by atoms with Gasteiger partial charge in [0.2, 0.25) is 0 Å². The molecule has 1 aromatic rings. The number of hydrogen-bond donors (Lipinski definition) is 1. The Hall–Kier alpha value is -1.00. The zero-order valence-corrected chi connectivity index (χ0v) is 10.7. The lowest BCUT2D eigenvalue weighted by Gasteiger charge is -2.40. The third kappa shape index (κ3) is 2.64. The average Bonchev–Trinajstić information content (AvgIpc) is 2.30. The summed E-state index contributed by atoms with van der Waals surface area (Å²) in [5.74, 6) is -1.13. The fraction of sp³-hybridized carbons (Fsp3) is 0.538. The Morgan fingerprint density at radius 3 is 2.41 bits per heavy atom. The maximum absolute atomic E-state index is 13.6. The molecule has 0 aromatic heterocycles. The van der Waals surface area contributed by atoms with Crippen molar-refractivity contribution in [1.82, 2.24) is 4.90 Å². The highest BCUT2D eigenvalue weighted by Crippen LogP contribution is 2.34. The second-order valence-corrected chi connectivity index (χ2v) is 4.67. The summed E-state index contributed by atoms with van der Waals surface area (Å²) in [6.07, 6.45) is -0.449. The number of hydrogen-bond acceptors (Lipinski definition) is 2. The summed E-state index contributed by atoms with van der Waals surface area (Å²) in [5, 5.41) is 10.3. The van der Waals surface area contributed by atoms with Gasteiger partial charge in [-0.2, -0.15) is 0 Å². The lowest BCUT2D eigenvalue weighted by atomic mass is 9.85. The number of nitrogens with zero attached hydrogens (tertiary/aromatic N) is 1. The van der Waals surface area contributed by atoms with Crippen LogP contribution in [0.4, 0.5) is 8.78 Å². The molecule has 0 fully saturated rings. The minimum Gasteiger partial charge on any atom is -0.386 e. The van der Waals surface area contributed by atoms with Gasteiger partial charge in [0.1, 0.15) is 11.6 Å². The highest BCUT2D eigenvalue weighted by molar-refractivity contribution is 5.24. The molecule has 96 valence electrons. The van der Waals surface area contributed by atoms with Gasteiger partial charge >= 0.3 is 0 Å². The molecule has 0 saturated heterocycles. The predicted molar refractivity (Wildman–Crippen MR) is 63.7 cm³/mol. The van der Waals surface area contributed by atoms with Gasteiger partial charge in [-0.1, -0.05) is 6.92 Å². The number of halogens is 2. The Labute approximate surface area is 101 Å². The van der Waals surface area contributed by atoms with Crippen LogP contribution < -0.4 is 0 Å². The highest BCUT2D eigenvalue weighted by atomic mass is 19.1. The van der Waals surface area contributed by atoms with Crippen molar-refractivity contribution in [2.24, 2.45) is 0 Å². The van der Waals surface area contributed by atoms with Gasteiger partial charge in [0.15, 0.2) is 0 Å². The summed E-state index contributed by atoms with van der Waals surface area (Å²) in [4.78, 5) is 1.82. The van der Waals surface area contributed by atoms with Crippen LogP contribution in [0.25, 0.3) is 0 Å². The van der Waals surface area contributed by atoms with Crippen molar-refractivity contribution in [2.75, 3.05) is 14.1 Å². The zero-order chi connectivity index (χ0) is 13.2. The molecule has 0 aliphatic rings. The summed E-state index contributed by atoms with van der Waals surface area (Å²) in [5.41, 5.74) is -0.628. The molecule has 17 heavy (non-hydrogen) atoms. The highest BCUT2D eigenvalue weighted by Gasteiger charge is 2.36. The van der Waals surface area contributed by atoms with E-state index in [-0.39, 0.29) is 5.56 Å². The second-order valence-electron chi connectivity index (χ2n) is 4.67. The van der Waals surface area contributed by atoms with Crippen LogP contribution in [-0.4, -0.2) is 29.6 Å². The van der Waals surface area contributed by atoms with Gasteiger partial charge < -0.3 is 10.0 Å². The van der Waals surface area contributed by atoms with Gasteiger partial charge in [0, 0.05) is 11.1 Å². The van der Waals surface area contributed by atoms with Crippen molar-refractivity contribution in [2.45, 2.75) is 31.9 Å². The van der Waals surface area contributed by atoms with Crippen LogP contribution in [0.15, 0.2) is 18.2 Å². The van der Waals surface area contributed by atoms with Gasteiger partial charge in [-0.05, 0) is 45.6 Å². The van der Waals surface area contributed by atoms with Crippen molar-refractivity contribution in [3.63, 3.8) is 0 Å². The van der Waals surface area contributed by atoms with Crippen LogP contribution in [0.5, 0.6) is 0 Å². The van der Waals surface area contributed by atoms with Gasteiger partial charge in [0.05, 0.1) is 6.10 Å². The molecule has 0 aliphatic carbocycles. The Balaban J connectivity index is 3.18. The van der Waals surface area contributed by atoms with E-state index in [2.05, 4.69) is 0 Å². The standard InChI is InChI=1S/C13H19F2NO/c1-5-13(2,16(3)4)12(17)10-8-9(14)6-7-11(10)15/h6-8,12,17H,5H2,1-4H3. The SMILES string of the molecule is CCC(C)(C(O)c1cc(F)ccc1F)N(C)C. The molecule has 0 amide bonds. The van der Waals surface area contributed by atoms with E-state index in [1.54, 1.807) is 0 Å². The molecule has 0 radical (unpaired) electrons. The molecule has 0 saturated carbocycles. The monoisotopic (exact) mass is 243 g/mol. The molecule has 2 nitrogen and oxygen atoms in total. The van der Waals surface area contributed by atoms with Crippen LogP contribution in [0, 0.1) is 11.6 Å². The topological polar surface area (TPSA) is 23.5 Å². The number of rotatable bonds is 4. The van der Waals surface area contributed by atoms with Gasteiger partial charge in [-0.15, -0.1) is 0 Å². The normalized spacial score (nSPS) is 16.9. The third-order valence-electron chi connectivity index (χ3n) is 3.58. The van der Waals surface area contributed by atoms with Gasteiger partial charge in [0.25, 0.3) is 0 Å². The maximum atomic E-state index is 13.6. The molecule has 2 unspecified atom stereocenters. The van der Waals surface area contributed by atoms with E-state index in [1.165, 1.54) is 0 Å². The number of aliphatic hydroxyl groups is 1. The van der Waals surface area contributed by atoms with Crippen molar-refractivity contribution >= 4 is 0 Å². The third-order valence-corrected chi connectivity index (χ3v) is 3.58. The molecule has 0 spiro atoms. The lowest BCUT2D eigenvalue weighted by Crippen LogP contribution is -2.46. The Kier molecular flexibility index (Phi) is 4.22. The van der Waals surface area contributed by atoms with Crippen molar-refractivity contribution < 1.29 is 13.9 Å². The molecule has 2 atom stereocenters. The Bertz CT molecular complexity index is 395. The van der Waals surface area contributed by atoms with E-state index in [1.807, 2.05) is 32.8 Å². The van der Waals surface area contributed by atoms with Crippen LogP contribution >= 0.6 is 0 Å². The van der Waals surface area contributed by atoms with E-state index in [4.69, 9.17) is 0 Å². The summed E-state index contributed by atoms with van der Waals surface area (Å²) < 4.78 is 26.7. The summed E-state index contributed by atoms with van der Waals surface area (Å²) >= 11 is 0. The molecule has 1 rings (SSSR count). The van der Waals surface area contributed by atoms with Crippen molar-refractivity contribution in [1.29, 1.82) is 0 Å². The summed E-state index contributed by atoms with van der Waals surface area (Å²) in [6.45, 7) is 3.72. The minimum atomic E-state index is -1.07. The molecule has 0 aliphatic heterocycles. The van der Waals surface area contributed by atoms with E-state index in [0.29, 0.717) is 6.42 Å². The van der Waals surface area contributed by atoms with E-state index in [0.717, 1.165) is 18.2 Å². The first-order valence-corrected chi connectivity index (χ1v) is 5.63. The van der Waals surface area contributed by atoms with Crippen LogP contribution in [-0.2, 0) is 0 Å². The van der Waals surface area contributed by atoms with Gasteiger partial charge in [-0.25, -0.2) is 8.78 Å². The molecular weight excluding hydrogens is 224 g/mol. The first-order valence-electron chi connectivity index (χ1n) is 5.63. The van der Waals surface area contributed by atoms with E-state index < -0.39 is 23.3 Å². The van der Waals surface area contributed by atoms with Crippen LogP contribution in [0.2, 0.25) is 0 Å². The van der Waals surface area contributed by atoms with Crippen molar-refractivity contribution in [3.05, 3.63) is 35.4 Å². The number of likely N-dealkylation sites (N-methyl/N-ethyl adjacent to an activating group) is 1. The minimum absolute atomic E-state index is 0.00282. The van der Waals surface area contributed by atoms with E-state index >= 15 is 0 Å². The Morgan fingerprint density at radius 2 is 1.94 bits per heavy atom. The lowest BCUT2D eigenvalue weighted by molar-refractivity contribution is -0.00135. The molecule has 0 bridgehead atoms. The van der Waals surface area contributed by atoms with Gasteiger partial charge in [-0.3, -0.25) is 0 Å². The fourth-order valence-corrected chi connectivity index (χ4v) is 1.81. The molecular formula is C13H19F2NO. The molecule has 1 aromatic carbocycles. The maximum Gasteiger partial charge on any atom is 0.129 e. The smallest absolute Gasteiger partial charge is 0.129 e. The fourth-order valence-electron chi connectivity index (χ4n) is 1.81. The van der Waals surface area contributed by atoms with Crippen LogP contribution in [0.3, 0.4) is 0 Å². The van der Waals surface area contributed by atoms with Crippen molar-refractivity contribution in [3.8, 4) is 0 Å². The first-order chi connectivity index (χ1) is 7.82. The van der Waals surface area contributed by atoms with E-state index in [9.17, 15) is 13.9 Å². The Morgan fingerprint density at radius 1 is 1.35 bits per heavy atom. The first kappa shape index (κ1) is 14.1. The summed E-state index contributed by atoms with van der Waals surface area (Å²) in [6, 6.07) is 3.14. The largest absolute Gasteiger partial charge is 0.386 e. The zero-order valence-electron chi connectivity index (χ0n) is 10.7. The number of benzene rings is 1. The summed E-state index contributed by atoms with van der Waals surface area (Å²) in [7, 11) is 3.62. The molecule has 4 heteroatoms. The quantitative estimate of drug-likeness (QED) is 0.879. The van der Waals surface area contributed by atoms with Crippen LogP contribution in [0.1, 0.15) is 31.9 Å². The second kappa shape index (κ2) is 5.10. The molecule has 0 heterocycles. The number of aliphatic hydroxyl groups excluding tert-OH is 1.